The number of nitrogens with zero attached hydrogens (tertiary/aromatic N) is 2. The third-order valence-electron chi connectivity index (χ3n) is 5.06. The molecule has 1 aliphatic carbocycles. The van der Waals surface area contributed by atoms with Crippen LogP contribution < -0.4 is 5.32 Å². The lowest BCUT2D eigenvalue weighted by atomic mass is 9.95. The van der Waals surface area contributed by atoms with Gasteiger partial charge < -0.3 is 9.88 Å². The molecule has 0 spiro atoms. The van der Waals surface area contributed by atoms with Crippen LogP contribution in [0.1, 0.15) is 65.5 Å². The molecule has 0 unspecified atom stereocenters. The highest BCUT2D eigenvalue weighted by Gasteiger charge is 2.22. The molecule has 24 heavy (non-hydrogen) atoms. The van der Waals surface area contributed by atoms with E-state index in [-0.39, 0.29) is 5.78 Å². The zero-order valence-electron chi connectivity index (χ0n) is 14.7. The van der Waals surface area contributed by atoms with Crippen molar-refractivity contribution in [2.24, 2.45) is 0 Å². The van der Waals surface area contributed by atoms with Crippen molar-refractivity contribution in [2.75, 3.05) is 6.54 Å². The van der Waals surface area contributed by atoms with Gasteiger partial charge in [0, 0.05) is 41.9 Å². The number of nitrogens with one attached hydrogen (secondary N) is 1. The topological polar surface area (TPSA) is 46.9 Å². The van der Waals surface area contributed by atoms with E-state index < -0.39 is 0 Å². The number of hydrogen-bond acceptors (Lipinski definition) is 3. The van der Waals surface area contributed by atoms with Crippen LogP contribution in [0.15, 0.2) is 30.6 Å². The van der Waals surface area contributed by atoms with Gasteiger partial charge in [0.05, 0.1) is 6.54 Å². The molecule has 2 aromatic rings. The molecule has 0 amide bonds. The monoisotopic (exact) mass is 325 g/mol. The summed E-state index contributed by atoms with van der Waals surface area (Å²) in [6, 6.07) is 6.57. The van der Waals surface area contributed by atoms with Crippen LogP contribution in [0.5, 0.6) is 0 Å². The number of rotatable bonds is 6. The smallest absolute Gasteiger partial charge is 0.178 e. The third-order valence-corrected chi connectivity index (χ3v) is 5.06. The molecule has 0 bridgehead atoms. The van der Waals surface area contributed by atoms with Gasteiger partial charge in [-0.15, -0.1) is 0 Å². The van der Waals surface area contributed by atoms with Crippen molar-refractivity contribution in [3.05, 3.63) is 53.1 Å². The summed E-state index contributed by atoms with van der Waals surface area (Å²) in [6.45, 7) is 5.25. The lowest BCUT2D eigenvalue weighted by Gasteiger charge is -2.26. The van der Waals surface area contributed by atoms with E-state index in [1.165, 1.54) is 37.8 Å². The molecule has 4 heteroatoms. The molecule has 2 aromatic heterocycles. The first-order valence-corrected chi connectivity index (χ1v) is 8.98. The van der Waals surface area contributed by atoms with Gasteiger partial charge in [-0.1, -0.05) is 25.3 Å². The van der Waals surface area contributed by atoms with E-state index in [2.05, 4.69) is 34.8 Å². The summed E-state index contributed by atoms with van der Waals surface area (Å²) in [7, 11) is 0. The van der Waals surface area contributed by atoms with Gasteiger partial charge in [0.25, 0.3) is 0 Å². The van der Waals surface area contributed by atoms with Crippen molar-refractivity contribution in [3.8, 4) is 0 Å². The average Bonchev–Trinajstić information content (AvgIpc) is 2.91. The van der Waals surface area contributed by atoms with Gasteiger partial charge in [0.1, 0.15) is 0 Å². The maximum atomic E-state index is 12.6. The Balaban J connectivity index is 1.64. The largest absolute Gasteiger partial charge is 0.345 e. The molecule has 0 radical (unpaired) electrons. The average molecular weight is 325 g/mol. The summed E-state index contributed by atoms with van der Waals surface area (Å²) in [6.07, 6.45) is 10.0. The Morgan fingerprint density at radius 2 is 2.08 bits per heavy atom. The van der Waals surface area contributed by atoms with Crippen LogP contribution in [0.2, 0.25) is 0 Å². The SMILES string of the molecule is Cc1cc(C(=O)CNCc2cccnc2)c(C)n1C1CCCCC1. The highest BCUT2D eigenvalue weighted by Crippen LogP contribution is 2.32. The minimum Gasteiger partial charge on any atom is -0.345 e. The fraction of sp³-hybridized carbons (Fsp3) is 0.500. The third kappa shape index (κ3) is 3.75. The van der Waals surface area contributed by atoms with Crippen LogP contribution >= 0.6 is 0 Å². The molecule has 1 aliphatic rings. The summed E-state index contributed by atoms with van der Waals surface area (Å²) in [5.41, 5.74) is 4.32. The van der Waals surface area contributed by atoms with Gasteiger partial charge in [0.15, 0.2) is 5.78 Å². The van der Waals surface area contributed by atoms with E-state index in [4.69, 9.17) is 0 Å². The van der Waals surface area contributed by atoms with Crippen LogP contribution in [-0.4, -0.2) is 21.9 Å². The molecular formula is C20H27N3O. The standard InChI is InChI=1S/C20H27N3O/c1-15-11-19(16(2)23(15)18-8-4-3-5-9-18)20(24)14-22-13-17-7-6-10-21-12-17/h6-7,10-12,18,22H,3-5,8-9,13-14H2,1-2H3. The van der Waals surface area contributed by atoms with E-state index in [0.29, 0.717) is 19.1 Å². The summed E-state index contributed by atoms with van der Waals surface area (Å²) in [5.74, 6) is 0.175. The Bertz CT molecular complexity index is 684. The summed E-state index contributed by atoms with van der Waals surface area (Å²) >= 11 is 0. The summed E-state index contributed by atoms with van der Waals surface area (Å²) < 4.78 is 2.40. The number of carbonyl (C=O) groups excluding carboxylic acids is 1. The zero-order chi connectivity index (χ0) is 16.9. The first-order valence-electron chi connectivity index (χ1n) is 8.98. The number of ketones is 1. The summed E-state index contributed by atoms with van der Waals surface area (Å²) in [5, 5.41) is 3.24. The van der Waals surface area contributed by atoms with E-state index in [1.54, 1.807) is 6.20 Å². The number of hydrogen-bond donors (Lipinski definition) is 1. The van der Waals surface area contributed by atoms with Gasteiger partial charge in [0.2, 0.25) is 0 Å². The lowest BCUT2D eigenvalue weighted by molar-refractivity contribution is 0.0990. The normalized spacial score (nSPS) is 15.6. The van der Waals surface area contributed by atoms with Crippen LogP contribution in [-0.2, 0) is 6.54 Å². The maximum Gasteiger partial charge on any atom is 0.178 e. The maximum absolute atomic E-state index is 12.6. The van der Waals surface area contributed by atoms with Gasteiger partial charge in [-0.05, 0) is 44.4 Å². The Morgan fingerprint density at radius 1 is 1.29 bits per heavy atom. The van der Waals surface area contributed by atoms with E-state index >= 15 is 0 Å². The van der Waals surface area contributed by atoms with Gasteiger partial charge >= 0.3 is 0 Å². The van der Waals surface area contributed by atoms with Crippen molar-refractivity contribution < 1.29 is 4.79 Å². The Labute approximate surface area is 144 Å². The molecule has 0 aliphatic heterocycles. The second kappa shape index (κ2) is 7.75. The molecule has 1 fully saturated rings. The molecule has 4 nitrogen and oxygen atoms in total. The van der Waals surface area contributed by atoms with Crippen LogP contribution in [0.4, 0.5) is 0 Å². The summed E-state index contributed by atoms with van der Waals surface area (Å²) in [4.78, 5) is 16.7. The molecule has 1 N–H and O–H groups in total. The number of aromatic nitrogens is 2. The van der Waals surface area contributed by atoms with Crippen molar-refractivity contribution >= 4 is 5.78 Å². The first-order chi connectivity index (χ1) is 11.7. The van der Waals surface area contributed by atoms with Gasteiger partial charge in [-0.25, -0.2) is 0 Å². The molecule has 0 atom stereocenters. The number of aryl methyl sites for hydroxylation is 1. The highest BCUT2D eigenvalue weighted by atomic mass is 16.1. The molecule has 0 aromatic carbocycles. The minimum atomic E-state index is 0.175. The zero-order valence-corrected chi connectivity index (χ0v) is 14.7. The quantitative estimate of drug-likeness (QED) is 0.817. The Morgan fingerprint density at radius 3 is 2.79 bits per heavy atom. The van der Waals surface area contributed by atoms with Crippen molar-refractivity contribution in [1.82, 2.24) is 14.9 Å². The number of carbonyl (C=O) groups is 1. The van der Waals surface area contributed by atoms with Crippen LogP contribution in [0.3, 0.4) is 0 Å². The number of pyridine rings is 1. The van der Waals surface area contributed by atoms with E-state index in [1.807, 2.05) is 18.3 Å². The first kappa shape index (κ1) is 16.9. The second-order valence-corrected chi connectivity index (χ2v) is 6.83. The van der Waals surface area contributed by atoms with Crippen molar-refractivity contribution in [1.29, 1.82) is 0 Å². The second-order valence-electron chi connectivity index (χ2n) is 6.83. The highest BCUT2D eigenvalue weighted by molar-refractivity contribution is 5.99. The fourth-order valence-electron chi connectivity index (χ4n) is 3.88. The lowest BCUT2D eigenvalue weighted by Crippen LogP contribution is -2.23. The predicted molar refractivity (Wildman–Crippen MR) is 96.3 cm³/mol. The fourth-order valence-corrected chi connectivity index (χ4v) is 3.88. The predicted octanol–water partition coefficient (Wildman–Crippen LogP) is 3.98. The van der Waals surface area contributed by atoms with Gasteiger partial charge in [-0.3, -0.25) is 9.78 Å². The Hall–Kier alpha value is -1.94. The Kier molecular flexibility index (Phi) is 5.46. The van der Waals surface area contributed by atoms with Crippen LogP contribution in [0, 0.1) is 13.8 Å². The minimum absolute atomic E-state index is 0.175. The molecule has 128 valence electrons. The number of Topliss-reactive ketones (excluding diaryl/α,β-unsaturated/α-hetero) is 1. The molecular weight excluding hydrogens is 298 g/mol. The van der Waals surface area contributed by atoms with E-state index in [0.717, 1.165) is 16.8 Å². The van der Waals surface area contributed by atoms with E-state index in [9.17, 15) is 4.79 Å². The van der Waals surface area contributed by atoms with Gasteiger partial charge in [-0.2, -0.15) is 0 Å². The molecule has 2 heterocycles. The molecule has 1 saturated carbocycles. The molecule has 0 saturated heterocycles. The van der Waals surface area contributed by atoms with Crippen molar-refractivity contribution in [2.45, 2.75) is 58.5 Å². The van der Waals surface area contributed by atoms with Crippen LogP contribution in [0.25, 0.3) is 0 Å². The molecule has 3 rings (SSSR count). The van der Waals surface area contributed by atoms with Crippen molar-refractivity contribution in [3.63, 3.8) is 0 Å².